The fraction of sp³-hybridized carbons (Fsp3) is 0.562. The van der Waals surface area contributed by atoms with Crippen molar-refractivity contribution in [2.75, 3.05) is 33.3 Å². The second-order valence-electron chi connectivity index (χ2n) is 5.69. The molecule has 1 aromatic carbocycles. The van der Waals surface area contributed by atoms with Crippen LogP contribution in [0.25, 0.3) is 0 Å². The van der Waals surface area contributed by atoms with Gasteiger partial charge in [-0.3, -0.25) is 14.9 Å². The molecular weight excluding hydrogens is 298 g/mol. The van der Waals surface area contributed by atoms with Crippen molar-refractivity contribution in [3.05, 3.63) is 33.9 Å². The summed E-state index contributed by atoms with van der Waals surface area (Å²) in [5.41, 5.74) is 0.156. The third-order valence-corrected chi connectivity index (χ3v) is 4.21. The van der Waals surface area contributed by atoms with Crippen LogP contribution in [-0.2, 0) is 0 Å². The lowest BCUT2D eigenvalue weighted by atomic mass is 9.96. The second-order valence-corrected chi connectivity index (χ2v) is 5.69. The minimum atomic E-state index is -0.529. The van der Waals surface area contributed by atoms with E-state index in [2.05, 4.69) is 12.2 Å². The lowest BCUT2D eigenvalue weighted by Crippen LogP contribution is -2.40. The van der Waals surface area contributed by atoms with Crippen molar-refractivity contribution in [3.8, 4) is 5.75 Å². The number of hydrogen-bond donors (Lipinski definition) is 1. The van der Waals surface area contributed by atoms with Crippen molar-refractivity contribution in [2.45, 2.75) is 19.8 Å². The number of benzene rings is 1. The zero-order valence-electron chi connectivity index (χ0n) is 13.6. The Bertz CT molecular complexity index is 568. The number of carbonyl (C=O) groups is 1. The summed E-state index contributed by atoms with van der Waals surface area (Å²) in [6.45, 7) is 5.39. The molecule has 0 atom stereocenters. The van der Waals surface area contributed by atoms with Crippen molar-refractivity contribution in [1.82, 2.24) is 10.2 Å². The van der Waals surface area contributed by atoms with E-state index in [9.17, 15) is 14.9 Å². The van der Waals surface area contributed by atoms with Gasteiger partial charge in [0, 0.05) is 24.7 Å². The SMILES string of the molecule is CCNCC1CCN(C(=O)c2ccc(OC)c([N+](=O)[O-])c2)CC1. The van der Waals surface area contributed by atoms with E-state index in [0.717, 1.165) is 25.9 Å². The Hall–Kier alpha value is -2.15. The van der Waals surface area contributed by atoms with Crippen LogP contribution in [0.2, 0.25) is 0 Å². The van der Waals surface area contributed by atoms with Gasteiger partial charge >= 0.3 is 5.69 Å². The highest BCUT2D eigenvalue weighted by atomic mass is 16.6. The number of hydrogen-bond acceptors (Lipinski definition) is 5. The van der Waals surface area contributed by atoms with E-state index in [0.29, 0.717) is 24.6 Å². The summed E-state index contributed by atoms with van der Waals surface area (Å²) in [4.78, 5) is 24.9. The van der Waals surface area contributed by atoms with Crippen molar-refractivity contribution in [2.24, 2.45) is 5.92 Å². The molecule has 0 bridgehead atoms. The summed E-state index contributed by atoms with van der Waals surface area (Å²) in [5, 5.41) is 14.4. The van der Waals surface area contributed by atoms with Crippen LogP contribution < -0.4 is 10.1 Å². The van der Waals surface area contributed by atoms with Gasteiger partial charge in [0.25, 0.3) is 5.91 Å². The van der Waals surface area contributed by atoms with Crippen LogP contribution in [0.15, 0.2) is 18.2 Å². The lowest BCUT2D eigenvalue weighted by molar-refractivity contribution is -0.385. The summed E-state index contributed by atoms with van der Waals surface area (Å²) in [6.07, 6.45) is 1.91. The van der Waals surface area contributed by atoms with Crippen LogP contribution in [-0.4, -0.2) is 49.0 Å². The van der Waals surface area contributed by atoms with E-state index in [1.807, 2.05) is 0 Å². The van der Waals surface area contributed by atoms with Crippen molar-refractivity contribution in [1.29, 1.82) is 0 Å². The highest BCUT2D eigenvalue weighted by Crippen LogP contribution is 2.28. The molecule has 2 rings (SSSR count). The molecule has 0 radical (unpaired) electrons. The number of methoxy groups -OCH3 is 1. The van der Waals surface area contributed by atoms with Gasteiger partial charge in [-0.15, -0.1) is 0 Å². The summed E-state index contributed by atoms with van der Waals surface area (Å²) >= 11 is 0. The minimum absolute atomic E-state index is 0.155. The van der Waals surface area contributed by atoms with Crippen molar-refractivity contribution in [3.63, 3.8) is 0 Å². The monoisotopic (exact) mass is 321 g/mol. The number of ether oxygens (including phenoxy) is 1. The number of likely N-dealkylation sites (tertiary alicyclic amines) is 1. The molecule has 126 valence electrons. The lowest BCUT2D eigenvalue weighted by Gasteiger charge is -2.32. The van der Waals surface area contributed by atoms with Crippen LogP contribution in [0.4, 0.5) is 5.69 Å². The van der Waals surface area contributed by atoms with E-state index in [1.165, 1.54) is 19.2 Å². The fourth-order valence-corrected chi connectivity index (χ4v) is 2.84. The van der Waals surface area contributed by atoms with Crippen molar-refractivity contribution < 1.29 is 14.5 Å². The van der Waals surface area contributed by atoms with E-state index in [4.69, 9.17) is 4.74 Å². The number of piperidine rings is 1. The number of rotatable bonds is 6. The summed E-state index contributed by atoms with van der Waals surface area (Å²) < 4.78 is 4.96. The van der Waals surface area contributed by atoms with Gasteiger partial charge in [-0.05, 0) is 44.0 Å². The molecule has 1 aliphatic heterocycles. The normalized spacial score (nSPS) is 15.5. The predicted molar refractivity (Wildman–Crippen MR) is 86.8 cm³/mol. The Kier molecular flexibility index (Phi) is 5.92. The third-order valence-electron chi connectivity index (χ3n) is 4.21. The number of nitro groups is 1. The molecule has 0 spiro atoms. The molecule has 1 heterocycles. The highest BCUT2D eigenvalue weighted by molar-refractivity contribution is 5.95. The van der Waals surface area contributed by atoms with E-state index < -0.39 is 4.92 Å². The molecule has 1 fully saturated rings. The number of nitro benzene ring substituents is 1. The van der Waals surface area contributed by atoms with Gasteiger partial charge in [0.15, 0.2) is 5.75 Å². The molecule has 1 aromatic rings. The average molecular weight is 321 g/mol. The van der Waals surface area contributed by atoms with Crippen LogP contribution in [0.3, 0.4) is 0 Å². The molecular formula is C16H23N3O4. The molecule has 1 N–H and O–H groups in total. The van der Waals surface area contributed by atoms with Gasteiger partial charge in [0.05, 0.1) is 12.0 Å². The molecule has 23 heavy (non-hydrogen) atoms. The zero-order valence-corrected chi connectivity index (χ0v) is 13.6. The Morgan fingerprint density at radius 2 is 2.13 bits per heavy atom. The largest absolute Gasteiger partial charge is 0.490 e. The standard InChI is InChI=1S/C16H23N3O4/c1-3-17-11-12-6-8-18(9-7-12)16(20)13-4-5-15(23-2)14(10-13)19(21)22/h4-5,10,12,17H,3,6-9,11H2,1-2H3. The van der Waals surface area contributed by atoms with Crippen LogP contribution >= 0.6 is 0 Å². The number of nitrogens with zero attached hydrogens (tertiary/aromatic N) is 2. The van der Waals surface area contributed by atoms with Gasteiger partial charge in [-0.2, -0.15) is 0 Å². The highest BCUT2D eigenvalue weighted by Gasteiger charge is 2.25. The summed E-state index contributed by atoms with van der Waals surface area (Å²) in [5.74, 6) is 0.595. The number of carbonyl (C=O) groups excluding carboxylic acids is 1. The molecule has 0 saturated carbocycles. The number of amides is 1. The first kappa shape index (κ1) is 17.2. The Balaban J connectivity index is 2.04. The van der Waals surface area contributed by atoms with Gasteiger partial charge in [-0.1, -0.05) is 6.92 Å². The molecule has 7 heteroatoms. The van der Waals surface area contributed by atoms with E-state index >= 15 is 0 Å². The summed E-state index contributed by atoms with van der Waals surface area (Å²) in [6, 6.07) is 4.36. The van der Waals surface area contributed by atoms with Gasteiger partial charge in [0.2, 0.25) is 0 Å². The zero-order chi connectivity index (χ0) is 16.8. The van der Waals surface area contributed by atoms with E-state index in [1.54, 1.807) is 11.0 Å². The first-order valence-electron chi connectivity index (χ1n) is 7.89. The Morgan fingerprint density at radius 1 is 1.43 bits per heavy atom. The second kappa shape index (κ2) is 7.92. The molecule has 0 aliphatic carbocycles. The van der Waals surface area contributed by atoms with E-state index in [-0.39, 0.29) is 17.3 Å². The van der Waals surface area contributed by atoms with Gasteiger partial charge in [-0.25, -0.2) is 0 Å². The van der Waals surface area contributed by atoms with Crippen LogP contribution in [0, 0.1) is 16.0 Å². The maximum atomic E-state index is 12.5. The molecule has 1 amide bonds. The Labute approximate surface area is 135 Å². The first-order valence-corrected chi connectivity index (χ1v) is 7.89. The van der Waals surface area contributed by atoms with Gasteiger partial charge < -0.3 is 15.0 Å². The smallest absolute Gasteiger partial charge is 0.311 e. The van der Waals surface area contributed by atoms with Gasteiger partial charge in [0.1, 0.15) is 0 Å². The molecule has 0 aromatic heterocycles. The molecule has 7 nitrogen and oxygen atoms in total. The van der Waals surface area contributed by atoms with Crippen LogP contribution in [0.5, 0.6) is 5.75 Å². The average Bonchev–Trinajstić information content (AvgIpc) is 2.59. The number of nitrogens with one attached hydrogen (secondary N) is 1. The molecule has 1 saturated heterocycles. The quantitative estimate of drug-likeness (QED) is 0.640. The fourth-order valence-electron chi connectivity index (χ4n) is 2.84. The topological polar surface area (TPSA) is 84.7 Å². The van der Waals surface area contributed by atoms with Crippen molar-refractivity contribution >= 4 is 11.6 Å². The maximum Gasteiger partial charge on any atom is 0.311 e. The minimum Gasteiger partial charge on any atom is -0.490 e. The maximum absolute atomic E-state index is 12.5. The van der Waals surface area contributed by atoms with Crippen LogP contribution in [0.1, 0.15) is 30.1 Å². The summed E-state index contributed by atoms with van der Waals surface area (Å²) in [7, 11) is 1.37. The third kappa shape index (κ3) is 4.19. The first-order chi connectivity index (χ1) is 11.1. The molecule has 1 aliphatic rings. The Morgan fingerprint density at radius 3 is 2.70 bits per heavy atom. The molecule has 0 unspecified atom stereocenters. The predicted octanol–water partition coefficient (Wildman–Crippen LogP) is 2.07.